The summed E-state index contributed by atoms with van der Waals surface area (Å²) in [5, 5.41) is 3.13. The minimum atomic E-state index is -0.120. The molecule has 1 atom stereocenters. The first kappa shape index (κ1) is 20.0. The van der Waals surface area contributed by atoms with E-state index in [1.54, 1.807) is 7.11 Å². The first-order valence-electron chi connectivity index (χ1n) is 10.5. The topological polar surface area (TPSA) is 41.6 Å². The molecule has 0 aliphatic carbocycles. The molecule has 4 heteroatoms. The van der Waals surface area contributed by atoms with E-state index in [-0.39, 0.29) is 11.9 Å². The molecular formula is C26H28N2O2. The van der Waals surface area contributed by atoms with Gasteiger partial charge in [0.25, 0.3) is 0 Å². The minimum absolute atomic E-state index is 0.107. The second-order valence-corrected chi connectivity index (χ2v) is 7.71. The number of ether oxygens (including phenoxy) is 1. The van der Waals surface area contributed by atoms with Gasteiger partial charge in [-0.15, -0.1) is 0 Å². The highest BCUT2D eigenvalue weighted by Crippen LogP contribution is 2.30. The molecule has 1 saturated heterocycles. The van der Waals surface area contributed by atoms with E-state index in [1.807, 2.05) is 42.5 Å². The summed E-state index contributed by atoms with van der Waals surface area (Å²) < 4.78 is 5.27. The average Bonchev–Trinajstić information content (AvgIpc) is 3.29. The van der Waals surface area contributed by atoms with Gasteiger partial charge in [0.05, 0.1) is 7.11 Å². The zero-order valence-electron chi connectivity index (χ0n) is 17.4. The van der Waals surface area contributed by atoms with E-state index in [9.17, 15) is 4.79 Å². The Kier molecular flexibility index (Phi) is 6.33. The third kappa shape index (κ3) is 4.65. The van der Waals surface area contributed by atoms with Crippen molar-refractivity contribution in [3.8, 4) is 5.75 Å². The quantitative estimate of drug-likeness (QED) is 0.632. The first-order chi connectivity index (χ1) is 14.7. The lowest BCUT2D eigenvalue weighted by atomic mass is 10.0. The van der Waals surface area contributed by atoms with E-state index >= 15 is 0 Å². The summed E-state index contributed by atoms with van der Waals surface area (Å²) in [4.78, 5) is 15.3. The number of rotatable bonds is 7. The highest BCUT2D eigenvalue weighted by atomic mass is 16.5. The van der Waals surface area contributed by atoms with Crippen LogP contribution < -0.4 is 15.0 Å². The Balaban J connectivity index is 1.48. The van der Waals surface area contributed by atoms with E-state index in [0.29, 0.717) is 6.54 Å². The van der Waals surface area contributed by atoms with Crippen molar-refractivity contribution in [1.82, 2.24) is 5.32 Å². The Bertz CT molecular complexity index is 970. The van der Waals surface area contributed by atoms with Gasteiger partial charge in [0.1, 0.15) is 11.8 Å². The SMILES string of the molecule is COc1ccc(Cc2ccccc2N2CCCC2C(=O)NCc2ccccc2)cc1. The Morgan fingerprint density at radius 2 is 1.70 bits per heavy atom. The number of carbonyl (C=O) groups is 1. The van der Waals surface area contributed by atoms with Crippen molar-refractivity contribution in [3.63, 3.8) is 0 Å². The van der Waals surface area contributed by atoms with E-state index in [1.165, 1.54) is 11.1 Å². The summed E-state index contributed by atoms with van der Waals surface area (Å²) in [5.74, 6) is 0.970. The van der Waals surface area contributed by atoms with Crippen LogP contribution in [0.5, 0.6) is 5.75 Å². The molecule has 3 aromatic carbocycles. The summed E-state index contributed by atoms with van der Waals surface area (Å²) in [7, 11) is 1.68. The molecule has 1 aliphatic heterocycles. The molecule has 0 radical (unpaired) electrons. The molecule has 0 spiro atoms. The number of benzene rings is 3. The smallest absolute Gasteiger partial charge is 0.242 e. The molecule has 4 rings (SSSR count). The predicted octanol–water partition coefficient (Wildman–Crippen LogP) is 4.57. The normalized spacial score (nSPS) is 15.8. The maximum absolute atomic E-state index is 13.0. The van der Waals surface area contributed by atoms with Gasteiger partial charge in [-0.3, -0.25) is 4.79 Å². The van der Waals surface area contributed by atoms with Crippen LogP contribution in [0.25, 0.3) is 0 Å². The van der Waals surface area contributed by atoms with Crippen LogP contribution in [-0.4, -0.2) is 25.6 Å². The Hall–Kier alpha value is -3.27. The van der Waals surface area contributed by atoms with Crippen LogP contribution in [0.1, 0.15) is 29.5 Å². The van der Waals surface area contributed by atoms with Crippen molar-refractivity contribution in [1.29, 1.82) is 0 Å². The van der Waals surface area contributed by atoms with E-state index in [0.717, 1.165) is 42.8 Å². The number of nitrogens with one attached hydrogen (secondary N) is 1. The molecule has 1 unspecified atom stereocenters. The number of methoxy groups -OCH3 is 1. The van der Waals surface area contributed by atoms with Gasteiger partial charge in [0.15, 0.2) is 0 Å². The molecule has 0 bridgehead atoms. The lowest BCUT2D eigenvalue weighted by Gasteiger charge is -2.28. The second-order valence-electron chi connectivity index (χ2n) is 7.71. The first-order valence-corrected chi connectivity index (χ1v) is 10.5. The van der Waals surface area contributed by atoms with Crippen LogP contribution in [0.15, 0.2) is 78.9 Å². The maximum atomic E-state index is 13.0. The lowest BCUT2D eigenvalue weighted by molar-refractivity contribution is -0.122. The zero-order chi connectivity index (χ0) is 20.8. The predicted molar refractivity (Wildman–Crippen MR) is 121 cm³/mol. The fourth-order valence-corrected chi connectivity index (χ4v) is 4.13. The third-order valence-corrected chi connectivity index (χ3v) is 5.72. The molecular weight excluding hydrogens is 372 g/mol. The van der Waals surface area contributed by atoms with Crippen molar-refractivity contribution >= 4 is 11.6 Å². The molecule has 3 aromatic rings. The molecule has 1 aliphatic rings. The largest absolute Gasteiger partial charge is 0.497 e. The van der Waals surface area contributed by atoms with Crippen LogP contribution >= 0.6 is 0 Å². The fraction of sp³-hybridized carbons (Fsp3) is 0.269. The van der Waals surface area contributed by atoms with Crippen molar-refractivity contribution in [3.05, 3.63) is 95.6 Å². The maximum Gasteiger partial charge on any atom is 0.242 e. The number of nitrogens with zero attached hydrogens (tertiary/aromatic N) is 1. The van der Waals surface area contributed by atoms with Gasteiger partial charge in [0.2, 0.25) is 5.91 Å². The van der Waals surface area contributed by atoms with Crippen molar-refractivity contribution < 1.29 is 9.53 Å². The van der Waals surface area contributed by atoms with Gasteiger partial charge in [-0.05, 0) is 54.2 Å². The van der Waals surface area contributed by atoms with Crippen LogP contribution in [0.4, 0.5) is 5.69 Å². The molecule has 0 aromatic heterocycles. The monoisotopic (exact) mass is 400 g/mol. The van der Waals surface area contributed by atoms with Gasteiger partial charge in [-0.1, -0.05) is 60.7 Å². The minimum Gasteiger partial charge on any atom is -0.497 e. The van der Waals surface area contributed by atoms with Gasteiger partial charge in [-0.25, -0.2) is 0 Å². The van der Waals surface area contributed by atoms with Gasteiger partial charge in [-0.2, -0.15) is 0 Å². The summed E-state index contributed by atoms with van der Waals surface area (Å²) in [5.41, 5.74) is 4.75. The highest BCUT2D eigenvalue weighted by Gasteiger charge is 2.31. The molecule has 0 saturated carbocycles. The van der Waals surface area contributed by atoms with Gasteiger partial charge in [0, 0.05) is 18.8 Å². The standard InChI is InChI=1S/C26H28N2O2/c1-30-23-15-13-20(14-16-23)18-22-10-5-6-11-24(22)28-17-7-12-25(28)26(29)27-19-21-8-3-2-4-9-21/h2-6,8-11,13-16,25H,7,12,17-19H2,1H3,(H,27,29). The van der Waals surface area contributed by atoms with Crippen LogP contribution in [0.2, 0.25) is 0 Å². The van der Waals surface area contributed by atoms with E-state index in [2.05, 4.69) is 46.6 Å². The lowest BCUT2D eigenvalue weighted by Crippen LogP contribution is -2.43. The van der Waals surface area contributed by atoms with Gasteiger partial charge >= 0.3 is 0 Å². The number of amides is 1. The highest BCUT2D eigenvalue weighted by molar-refractivity contribution is 5.86. The number of para-hydroxylation sites is 1. The van der Waals surface area contributed by atoms with Crippen LogP contribution in [0, 0.1) is 0 Å². The molecule has 4 nitrogen and oxygen atoms in total. The second kappa shape index (κ2) is 9.49. The van der Waals surface area contributed by atoms with Crippen LogP contribution in [0.3, 0.4) is 0 Å². The summed E-state index contributed by atoms with van der Waals surface area (Å²) >= 11 is 0. The molecule has 1 fully saturated rings. The number of anilines is 1. The molecule has 1 heterocycles. The third-order valence-electron chi connectivity index (χ3n) is 5.72. The fourth-order valence-electron chi connectivity index (χ4n) is 4.13. The van der Waals surface area contributed by atoms with Crippen molar-refractivity contribution in [2.45, 2.75) is 31.8 Å². The van der Waals surface area contributed by atoms with Crippen LogP contribution in [-0.2, 0) is 17.8 Å². The Morgan fingerprint density at radius 1 is 0.967 bits per heavy atom. The van der Waals surface area contributed by atoms with E-state index in [4.69, 9.17) is 4.74 Å². The molecule has 1 N–H and O–H groups in total. The summed E-state index contributed by atoms with van der Waals surface area (Å²) in [6, 6.07) is 26.6. The molecule has 30 heavy (non-hydrogen) atoms. The summed E-state index contributed by atoms with van der Waals surface area (Å²) in [6.45, 7) is 1.47. The summed E-state index contributed by atoms with van der Waals surface area (Å²) in [6.07, 6.45) is 2.74. The van der Waals surface area contributed by atoms with Crippen molar-refractivity contribution in [2.75, 3.05) is 18.6 Å². The Labute approximate surface area is 178 Å². The molecule has 1 amide bonds. The Morgan fingerprint density at radius 3 is 2.47 bits per heavy atom. The van der Waals surface area contributed by atoms with E-state index < -0.39 is 0 Å². The zero-order valence-corrected chi connectivity index (χ0v) is 17.4. The number of hydrogen-bond acceptors (Lipinski definition) is 3. The average molecular weight is 401 g/mol. The van der Waals surface area contributed by atoms with Crippen molar-refractivity contribution in [2.24, 2.45) is 0 Å². The molecule has 154 valence electrons. The number of carbonyl (C=O) groups excluding carboxylic acids is 1. The number of hydrogen-bond donors (Lipinski definition) is 1. The van der Waals surface area contributed by atoms with Gasteiger partial charge < -0.3 is 15.0 Å².